The van der Waals surface area contributed by atoms with Gasteiger partial charge in [-0.25, -0.2) is 12.7 Å². The lowest BCUT2D eigenvalue weighted by Crippen LogP contribution is -2.40. The van der Waals surface area contributed by atoms with Crippen LogP contribution >= 0.6 is 35.7 Å². The normalized spacial score (nSPS) is 16.7. The molecule has 0 radical (unpaired) electrons. The largest absolute Gasteiger partial charge is 0.370 e. The van der Waals surface area contributed by atoms with Gasteiger partial charge in [-0.1, -0.05) is 12.1 Å². The minimum Gasteiger partial charge on any atom is -0.370 e. The number of guanidine groups is 1. The van der Waals surface area contributed by atoms with Gasteiger partial charge in [-0.3, -0.25) is 4.99 Å². The summed E-state index contributed by atoms with van der Waals surface area (Å²) in [5, 5.41) is 2.96. The van der Waals surface area contributed by atoms with Crippen LogP contribution in [0.15, 0.2) is 29.3 Å². The van der Waals surface area contributed by atoms with Gasteiger partial charge in [-0.05, 0) is 24.6 Å². The van der Waals surface area contributed by atoms with Crippen molar-refractivity contribution in [2.45, 2.75) is 6.92 Å². The number of anilines is 1. The van der Waals surface area contributed by atoms with E-state index in [1.54, 1.807) is 16.1 Å². The molecule has 130 valence electrons. The number of nitrogens with one attached hydrogen (secondary N) is 1. The number of nitrogens with two attached hydrogens (primary N) is 1. The number of nitrogens with zero attached hydrogens (tertiary/aromatic N) is 2. The van der Waals surface area contributed by atoms with Crippen LogP contribution in [0.3, 0.4) is 0 Å². The standard InChI is InChI=1S/C14H22N4O2S2.HI/c1-12-3-2-4-13(11-12)17-14(15)16-5-10-22(19,20)18-6-8-21-9-7-18;/h2-4,11H,5-10H2,1H3,(H3,15,16,17);1H. The van der Waals surface area contributed by atoms with E-state index in [1.165, 1.54) is 0 Å². The zero-order valence-electron chi connectivity index (χ0n) is 13.1. The number of halogens is 1. The first-order valence-corrected chi connectivity index (χ1v) is 9.93. The minimum atomic E-state index is -3.23. The summed E-state index contributed by atoms with van der Waals surface area (Å²) >= 11 is 1.78. The maximum Gasteiger partial charge on any atom is 0.215 e. The van der Waals surface area contributed by atoms with E-state index in [2.05, 4.69) is 10.3 Å². The third-order valence-electron chi connectivity index (χ3n) is 3.29. The maximum absolute atomic E-state index is 12.2. The molecule has 6 nitrogen and oxygen atoms in total. The Morgan fingerprint density at radius 3 is 2.74 bits per heavy atom. The molecule has 23 heavy (non-hydrogen) atoms. The van der Waals surface area contributed by atoms with Crippen molar-refractivity contribution in [3.05, 3.63) is 29.8 Å². The van der Waals surface area contributed by atoms with Crippen molar-refractivity contribution in [1.82, 2.24) is 4.31 Å². The lowest BCUT2D eigenvalue weighted by atomic mass is 10.2. The summed E-state index contributed by atoms with van der Waals surface area (Å²) in [5.41, 5.74) is 7.75. The molecular formula is C14H23IN4O2S2. The first-order chi connectivity index (χ1) is 10.5. The summed E-state index contributed by atoms with van der Waals surface area (Å²) in [7, 11) is -3.23. The van der Waals surface area contributed by atoms with Crippen LogP contribution in [0.4, 0.5) is 5.69 Å². The zero-order chi connectivity index (χ0) is 16.0. The third-order valence-corrected chi connectivity index (χ3v) is 6.08. The fraction of sp³-hybridized carbons (Fsp3) is 0.500. The summed E-state index contributed by atoms with van der Waals surface area (Å²) in [6.45, 7) is 3.33. The Morgan fingerprint density at radius 2 is 2.09 bits per heavy atom. The highest BCUT2D eigenvalue weighted by Gasteiger charge is 2.23. The molecule has 1 aliphatic heterocycles. The van der Waals surface area contributed by atoms with Crippen molar-refractivity contribution in [2.24, 2.45) is 10.7 Å². The molecule has 1 aliphatic rings. The second-order valence-corrected chi connectivity index (χ2v) is 8.40. The second-order valence-electron chi connectivity index (χ2n) is 5.09. The summed E-state index contributed by atoms with van der Waals surface area (Å²) in [5.74, 6) is 1.95. The van der Waals surface area contributed by atoms with Gasteiger partial charge in [0.15, 0.2) is 5.96 Å². The quantitative estimate of drug-likeness (QED) is 0.389. The van der Waals surface area contributed by atoms with Crippen LogP contribution < -0.4 is 11.1 Å². The van der Waals surface area contributed by atoms with E-state index < -0.39 is 10.0 Å². The van der Waals surface area contributed by atoms with E-state index >= 15 is 0 Å². The van der Waals surface area contributed by atoms with Crippen molar-refractivity contribution in [3.8, 4) is 0 Å². The van der Waals surface area contributed by atoms with E-state index in [9.17, 15) is 8.42 Å². The van der Waals surface area contributed by atoms with Gasteiger partial charge in [0, 0.05) is 30.3 Å². The molecule has 1 fully saturated rings. The molecule has 0 unspecified atom stereocenters. The highest BCUT2D eigenvalue weighted by Crippen LogP contribution is 2.13. The maximum atomic E-state index is 12.2. The molecule has 0 spiro atoms. The molecular weight excluding hydrogens is 447 g/mol. The van der Waals surface area contributed by atoms with Gasteiger partial charge in [0.25, 0.3) is 0 Å². The first kappa shape index (κ1) is 20.5. The van der Waals surface area contributed by atoms with Crippen molar-refractivity contribution >= 4 is 57.4 Å². The topological polar surface area (TPSA) is 87.8 Å². The van der Waals surface area contributed by atoms with Crippen LogP contribution in [0.2, 0.25) is 0 Å². The molecule has 1 saturated heterocycles. The van der Waals surface area contributed by atoms with Gasteiger partial charge in [0.05, 0.1) is 12.3 Å². The summed E-state index contributed by atoms with van der Waals surface area (Å²) in [6.07, 6.45) is 0. The van der Waals surface area contributed by atoms with Gasteiger partial charge in [0.1, 0.15) is 0 Å². The molecule has 3 N–H and O–H groups in total. The molecule has 9 heteroatoms. The Morgan fingerprint density at radius 1 is 1.39 bits per heavy atom. The fourth-order valence-corrected chi connectivity index (χ4v) is 4.60. The lowest BCUT2D eigenvalue weighted by Gasteiger charge is -2.25. The smallest absolute Gasteiger partial charge is 0.215 e. The molecule has 0 aromatic heterocycles. The molecule has 0 atom stereocenters. The Hall–Kier alpha value is -0.520. The molecule has 0 aliphatic carbocycles. The molecule has 0 amide bonds. The van der Waals surface area contributed by atoms with Crippen LogP contribution in [-0.2, 0) is 10.0 Å². The monoisotopic (exact) mass is 470 g/mol. The molecule has 1 heterocycles. The highest BCUT2D eigenvalue weighted by atomic mass is 127. The second kappa shape index (κ2) is 9.70. The molecule has 1 aromatic carbocycles. The van der Waals surface area contributed by atoms with E-state index in [4.69, 9.17) is 5.73 Å². The molecule has 0 bridgehead atoms. The molecule has 2 rings (SSSR count). The van der Waals surface area contributed by atoms with E-state index in [0.29, 0.717) is 13.1 Å². The van der Waals surface area contributed by atoms with E-state index in [0.717, 1.165) is 22.8 Å². The highest BCUT2D eigenvalue weighted by molar-refractivity contribution is 14.0. The van der Waals surface area contributed by atoms with Gasteiger partial charge >= 0.3 is 0 Å². The lowest BCUT2D eigenvalue weighted by molar-refractivity contribution is 0.444. The number of sulfonamides is 1. The third kappa shape index (κ3) is 6.86. The number of hydrogen-bond acceptors (Lipinski definition) is 4. The average molecular weight is 470 g/mol. The van der Waals surface area contributed by atoms with Crippen molar-refractivity contribution < 1.29 is 8.42 Å². The number of aliphatic imine (C=N–C) groups is 1. The van der Waals surface area contributed by atoms with Crippen LogP contribution in [0, 0.1) is 6.92 Å². The van der Waals surface area contributed by atoms with Gasteiger partial charge < -0.3 is 11.1 Å². The molecule has 0 saturated carbocycles. The Kier molecular flexibility index (Phi) is 8.65. The van der Waals surface area contributed by atoms with Gasteiger partial charge in [0.2, 0.25) is 10.0 Å². The number of aryl methyl sites for hydroxylation is 1. The van der Waals surface area contributed by atoms with Crippen LogP contribution in [0.1, 0.15) is 5.56 Å². The van der Waals surface area contributed by atoms with Gasteiger partial charge in [-0.15, -0.1) is 24.0 Å². The van der Waals surface area contributed by atoms with Crippen LogP contribution in [-0.4, -0.2) is 55.6 Å². The van der Waals surface area contributed by atoms with Crippen molar-refractivity contribution in [3.63, 3.8) is 0 Å². The fourth-order valence-electron chi connectivity index (χ4n) is 2.15. The zero-order valence-corrected chi connectivity index (χ0v) is 17.0. The van der Waals surface area contributed by atoms with E-state index in [1.807, 2.05) is 31.2 Å². The summed E-state index contributed by atoms with van der Waals surface area (Å²) in [4.78, 5) is 4.10. The number of hydrogen-bond donors (Lipinski definition) is 2. The van der Waals surface area contributed by atoms with E-state index in [-0.39, 0.29) is 42.2 Å². The summed E-state index contributed by atoms with van der Waals surface area (Å²) < 4.78 is 25.9. The average Bonchev–Trinajstić information content (AvgIpc) is 2.48. The van der Waals surface area contributed by atoms with Gasteiger partial charge in [-0.2, -0.15) is 11.8 Å². The Labute approximate surface area is 159 Å². The Bertz CT molecular complexity index is 631. The van der Waals surface area contributed by atoms with Crippen molar-refractivity contribution in [2.75, 3.05) is 42.2 Å². The number of rotatable bonds is 5. The number of benzene rings is 1. The van der Waals surface area contributed by atoms with Crippen LogP contribution in [0.25, 0.3) is 0 Å². The first-order valence-electron chi connectivity index (χ1n) is 7.16. The SMILES string of the molecule is Cc1cccc(NC(N)=NCCS(=O)(=O)N2CCSCC2)c1.I. The van der Waals surface area contributed by atoms with Crippen molar-refractivity contribution in [1.29, 1.82) is 0 Å². The molecule has 1 aromatic rings. The summed E-state index contributed by atoms with van der Waals surface area (Å²) in [6, 6.07) is 7.74. The van der Waals surface area contributed by atoms with Crippen LogP contribution in [0.5, 0.6) is 0 Å². The minimum absolute atomic E-state index is 0. The Balaban J connectivity index is 0.00000264. The predicted octanol–water partition coefficient (Wildman–Crippen LogP) is 1.72. The predicted molar refractivity (Wildman–Crippen MR) is 109 cm³/mol. The number of thioether (sulfide) groups is 1.